The molecule has 0 fully saturated rings. The lowest BCUT2D eigenvalue weighted by molar-refractivity contribution is 0.993. The normalized spacial score (nSPS) is 14.5. The molecule has 3 nitrogen and oxygen atoms in total. The van der Waals surface area contributed by atoms with E-state index in [-0.39, 0.29) is 0 Å². The summed E-state index contributed by atoms with van der Waals surface area (Å²) in [6.07, 6.45) is 1.45. The van der Waals surface area contributed by atoms with Gasteiger partial charge in [-0.2, -0.15) is 0 Å². The molecular formula is C6H3BrClN3. The predicted octanol–water partition coefficient (Wildman–Crippen LogP) is 1.79. The van der Waals surface area contributed by atoms with E-state index in [1.54, 1.807) is 0 Å². The molecule has 1 aliphatic heterocycles. The number of aromatic nitrogens is 2. The van der Waals surface area contributed by atoms with Crippen LogP contribution in [0.4, 0.5) is 0 Å². The molecule has 0 aliphatic carbocycles. The smallest absolute Gasteiger partial charge is 0.142 e. The van der Waals surface area contributed by atoms with E-state index < -0.39 is 0 Å². The quantitative estimate of drug-likeness (QED) is 0.640. The fraction of sp³-hybridized carbons (Fsp3) is 0.167. The van der Waals surface area contributed by atoms with Gasteiger partial charge in [0.25, 0.3) is 0 Å². The average Bonchev–Trinajstić information content (AvgIpc) is 2.34. The Labute approximate surface area is 76.7 Å². The fourth-order valence-corrected chi connectivity index (χ4v) is 1.84. The largest absolute Gasteiger partial charge is 0.271 e. The van der Waals surface area contributed by atoms with Crippen LogP contribution in [0.25, 0.3) is 0 Å². The molecule has 0 radical (unpaired) electrons. The summed E-state index contributed by atoms with van der Waals surface area (Å²) in [7, 11) is 0. The van der Waals surface area contributed by atoms with E-state index in [2.05, 4.69) is 30.9 Å². The summed E-state index contributed by atoms with van der Waals surface area (Å²) >= 11 is 9.08. The number of hydrogen-bond donors (Lipinski definition) is 0. The summed E-state index contributed by atoms with van der Waals surface area (Å²) in [6.45, 7) is 0.595. The van der Waals surface area contributed by atoms with Crippen LogP contribution in [0.3, 0.4) is 0 Å². The Bertz CT molecular complexity index is 337. The zero-order valence-corrected chi connectivity index (χ0v) is 7.72. The molecule has 0 atom stereocenters. The van der Waals surface area contributed by atoms with E-state index in [1.807, 2.05) is 0 Å². The Balaban J connectivity index is 2.67. The van der Waals surface area contributed by atoms with Gasteiger partial charge in [0.15, 0.2) is 0 Å². The SMILES string of the molecule is Clc1ncnc2c1C(Br)=NC2. The van der Waals surface area contributed by atoms with Gasteiger partial charge in [0.05, 0.1) is 17.8 Å². The molecule has 0 unspecified atom stereocenters. The molecule has 0 bridgehead atoms. The van der Waals surface area contributed by atoms with Crippen molar-refractivity contribution in [1.29, 1.82) is 0 Å². The molecule has 0 N–H and O–H groups in total. The molecule has 5 heteroatoms. The van der Waals surface area contributed by atoms with Crippen LogP contribution >= 0.6 is 27.5 Å². The van der Waals surface area contributed by atoms with Crippen LogP contribution in [0, 0.1) is 0 Å². The topological polar surface area (TPSA) is 38.1 Å². The van der Waals surface area contributed by atoms with Crippen molar-refractivity contribution in [3.05, 3.63) is 22.7 Å². The van der Waals surface area contributed by atoms with E-state index in [1.165, 1.54) is 6.33 Å². The van der Waals surface area contributed by atoms with Gasteiger partial charge in [0, 0.05) is 0 Å². The second kappa shape index (κ2) is 2.53. The zero-order valence-electron chi connectivity index (χ0n) is 5.38. The molecule has 1 aromatic rings. The standard InChI is InChI=1S/C6H3BrClN3/c7-5-4-3(1-9-5)10-2-11-6(4)8/h2H,1H2. The van der Waals surface area contributed by atoms with Gasteiger partial charge in [-0.25, -0.2) is 9.97 Å². The average molecular weight is 232 g/mol. The maximum atomic E-state index is 5.80. The Hall–Kier alpha value is -0.480. The molecule has 56 valence electrons. The molecule has 0 amide bonds. The highest BCUT2D eigenvalue weighted by molar-refractivity contribution is 9.18. The van der Waals surface area contributed by atoms with Gasteiger partial charge in [0.1, 0.15) is 16.1 Å². The number of aliphatic imine (C=N–C) groups is 1. The van der Waals surface area contributed by atoms with Crippen molar-refractivity contribution in [3.8, 4) is 0 Å². The summed E-state index contributed by atoms with van der Waals surface area (Å²) in [6, 6.07) is 0. The summed E-state index contributed by atoms with van der Waals surface area (Å²) < 4.78 is 0.748. The van der Waals surface area contributed by atoms with Gasteiger partial charge in [-0.3, -0.25) is 4.99 Å². The highest BCUT2D eigenvalue weighted by atomic mass is 79.9. The number of halogens is 2. The van der Waals surface area contributed by atoms with Crippen molar-refractivity contribution < 1.29 is 0 Å². The first-order chi connectivity index (χ1) is 5.29. The van der Waals surface area contributed by atoms with Crippen LogP contribution < -0.4 is 0 Å². The minimum absolute atomic E-state index is 0.461. The molecular weight excluding hydrogens is 229 g/mol. The first kappa shape index (κ1) is 7.18. The third-order valence-corrected chi connectivity index (χ3v) is 2.39. The molecule has 1 aliphatic rings. The lowest BCUT2D eigenvalue weighted by Gasteiger charge is -1.96. The van der Waals surface area contributed by atoms with Crippen LogP contribution in [0.1, 0.15) is 11.3 Å². The van der Waals surface area contributed by atoms with Crippen LogP contribution in [0.15, 0.2) is 11.3 Å². The predicted molar refractivity (Wildman–Crippen MR) is 46.2 cm³/mol. The van der Waals surface area contributed by atoms with Crippen molar-refractivity contribution in [2.24, 2.45) is 4.99 Å². The second-order valence-corrected chi connectivity index (χ2v) is 3.20. The van der Waals surface area contributed by atoms with Gasteiger partial charge in [-0.05, 0) is 15.9 Å². The monoisotopic (exact) mass is 231 g/mol. The maximum absolute atomic E-state index is 5.80. The Kier molecular flexibility index (Phi) is 1.65. The van der Waals surface area contributed by atoms with Crippen LogP contribution in [0.5, 0.6) is 0 Å². The molecule has 0 spiro atoms. The van der Waals surface area contributed by atoms with Gasteiger partial charge >= 0.3 is 0 Å². The molecule has 1 aromatic heterocycles. The number of fused-ring (bicyclic) bond motifs is 1. The van der Waals surface area contributed by atoms with Crippen LogP contribution in [-0.4, -0.2) is 14.6 Å². The molecule has 11 heavy (non-hydrogen) atoms. The van der Waals surface area contributed by atoms with Gasteiger partial charge in [0.2, 0.25) is 0 Å². The van der Waals surface area contributed by atoms with E-state index in [9.17, 15) is 0 Å². The number of hydrogen-bond acceptors (Lipinski definition) is 3. The van der Waals surface area contributed by atoms with Crippen molar-refractivity contribution in [2.75, 3.05) is 0 Å². The van der Waals surface area contributed by atoms with Crippen molar-refractivity contribution in [2.45, 2.75) is 6.54 Å². The van der Waals surface area contributed by atoms with Crippen LogP contribution in [-0.2, 0) is 6.54 Å². The Morgan fingerprint density at radius 2 is 2.27 bits per heavy atom. The Morgan fingerprint density at radius 3 is 3.00 bits per heavy atom. The third kappa shape index (κ3) is 1.06. The van der Waals surface area contributed by atoms with E-state index in [4.69, 9.17) is 11.6 Å². The third-order valence-electron chi connectivity index (χ3n) is 1.45. The van der Waals surface area contributed by atoms with Crippen LogP contribution in [0.2, 0.25) is 5.15 Å². The summed E-state index contributed by atoms with van der Waals surface area (Å²) in [5.74, 6) is 0. The van der Waals surface area contributed by atoms with E-state index in [0.717, 1.165) is 15.9 Å². The second-order valence-electron chi connectivity index (χ2n) is 2.09. The lowest BCUT2D eigenvalue weighted by Crippen LogP contribution is -1.95. The Morgan fingerprint density at radius 1 is 1.45 bits per heavy atom. The minimum atomic E-state index is 0.461. The number of nitrogens with zero attached hydrogens (tertiary/aromatic N) is 3. The minimum Gasteiger partial charge on any atom is -0.271 e. The van der Waals surface area contributed by atoms with Gasteiger partial charge in [-0.15, -0.1) is 0 Å². The summed E-state index contributed by atoms with van der Waals surface area (Å²) in [4.78, 5) is 12.0. The molecule has 2 heterocycles. The van der Waals surface area contributed by atoms with E-state index in [0.29, 0.717) is 11.7 Å². The molecule has 0 aromatic carbocycles. The highest BCUT2D eigenvalue weighted by Gasteiger charge is 2.18. The highest BCUT2D eigenvalue weighted by Crippen LogP contribution is 2.24. The first-order valence-corrected chi connectivity index (χ1v) is 4.16. The van der Waals surface area contributed by atoms with Crippen molar-refractivity contribution in [1.82, 2.24) is 9.97 Å². The lowest BCUT2D eigenvalue weighted by atomic mass is 10.3. The van der Waals surface area contributed by atoms with Crippen molar-refractivity contribution in [3.63, 3.8) is 0 Å². The first-order valence-electron chi connectivity index (χ1n) is 2.98. The summed E-state index contributed by atoms with van der Waals surface area (Å²) in [5, 5.41) is 0.461. The van der Waals surface area contributed by atoms with Gasteiger partial charge < -0.3 is 0 Å². The summed E-state index contributed by atoms with van der Waals surface area (Å²) in [5.41, 5.74) is 1.71. The fourth-order valence-electron chi connectivity index (χ4n) is 0.945. The molecule has 0 saturated carbocycles. The number of rotatable bonds is 0. The molecule has 0 saturated heterocycles. The molecule has 2 rings (SSSR count). The zero-order chi connectivity index (χ0) is 7.84. The van der Waals surface area contributed by atoms with Gasteiger partial charge in [-0.1, -0.05) is 11.6 Å². The van der Waals surface area contributed by atoms with E-state index >= 15 is 0 Å². The van der Waals surface area contributed by atoms with Crippen molar-refractivity contribution >= 4 is 32.2 Å². The maximum Gasteiger partial charge on any atom is 0.142 e.